The molecule has 1 aliphatic carbocycles. The quantitative estimate of drug-likeness (QED) is 0.421. The number of nitrogens with one attached hydrogen (secondary N) is 1. The molecular weight excluding hydrogens is 533 g/mol. The molecule has 1 amide bonds. The summed E-state index contributed by atoms with van der Waals surface area (Å²) in [6.07, 6.45) is 6.35. The number of carbonyl (C=O) groups excluding carboxylic acids is 1. The average molecular weight is 569 g/mol. The summed E-state index contributed by atoms with van der Waals surface area (Å²) >= 11 is 11.9. The van der Waals surface area contributed by atoms with Crippen LogP contribution in [0.4, 0.5) is 0 Å². The smallest absolute Gasteiger partial charge is 0.246 e. The van der Waals surface area contributed by atoms with E-state index >= 15 is 0 Å². The lowest BCUT2D eigenvalue weighted by molar-refractivity contribution is -0.126. The lowest BCUT2D eigenvalue weighted by Gasteiger charge is -2.47. The number of rotatable bonds is 10. The highest BCUT2D eigenvalue weighted by Crippen LogP contribution is 2.44. The van der Waals surface area contributed by atoms with Crippen molar-refractivity contribution >= 4 is 39.1 Å². The van der Waals surface area contributed by atoms with Gasteiger partial charge in [-0.15, -0.1) is 0 Å². The molecule has 4 rings (SSSR count). The van der Waals surface area contributed by atoms with E-state index in [0.717, 1.165) is 43.1 Å². The van der Waals surface area contributed by atoms with Gasteiger partial charge in [-0.1, -0.05) is 53.5 Å². The topological polar surface area (TPSA) is 79.0 Å². The molecule has 0 spiro atoms. The van der Waals surface area contributed by atoms with Gasteiger partial charge in [-0.3, -0.25) is 9.69 Å². The Bertz CT molecular complexity index is 1170. The zero-order chi connectivity index (χ0) is 26.5. The van der Waals surface area contributed by atoms with E-state index in [-0.39, 0.29) is 47.2 Å². The van der Waals surface area contributed by atoms with Crippen molar-refractivity contribution < 1.29 is 17.9 Å². The van der Waals surface area contributed by atoms with E-state index in [4.69, 9.17) is 27.9 Å². The summed E-state index contributed by atoms with van der Waals surface area (Å²) in [5.41, 5.74) is 1.43. The van der Waals surface area contributed by atoms with Crippen molar-refractivity contribution in [2.75, 3.05) is 39.9 Å². The molecule has 2 fully saturated rings. The predicted octanol–water partition coefficient (Wildman–Crippen LogP) is 4.68. The van der Waals surface area contributed by atoms with Gasteiger partial charge < -0.3 is 10.1 Å². The Morgan fingerprint density at radius 2 is 1.78 bits per heavy atom. The van der Waals surface area contributed by atoms with Crippen LogP contribution in [0.1, 0.15) is 44.1 Å². The van der Waals surface area contributed by atoms with Gasteiger partial charge in [0.25, 0.3) is 0 Å². The molecule has 7 nitrogen and oxygen atoms in total. The van der Waals surface area contributed by atoms with Gasteiger partial charge in [0.1, 0.15) is 11.5 Å². The van der Waals surface area contributed by atoms with Crippen molar-refractivity contribution in [3.05, 3.63) is 64.1 Å². The fraction of sp³-hybridized carbons (Fsp3) is 0.519. The first-order valence-corrected chi connectivity index (χ1v) is 15.0. The second-order valence-corrected chi connectivity index (χ2v) is 12.7. The van der Waals surface area contributed by atoms with Crippen molar-refractivity contribution in [2.24, 2.45) is 0 Å². The summed E-state index contributed by atoms with van der Waals surface area (Å²) in [7, 11) is -2.34. The maximum absolute atomic E-state index is 12.8. The molecule has 2 aromatic carbocycles. The van der Waals surface area contributed by atoms with Crippen LogP contribution in [0.15, 0.2) is 53.4 Å². The number of likely N-dealkylation sites (tertiary alicyclic amines) is 1. The van der Waals surface area contributed by atoms with Gasteiger partial charge in [-0.05, 0) is 75.4 Å². The molecule has 0 radical (unpaired) electrons. The second kappa shape index (κ2) is 12.5. The van der Waals surface area contributed by atoms with Crippen molar-refractivity contribution in [3.63, 3.8) is 0 Å². The van der Waals surface area contributed by atoms with E-state index in [0.29, 0.717) is 5.02 Å². The number of likely N-dealkylation sites (N-methyl/N-ethyl adjacent to an activating group) is 1. The molecular formula is C27H35Cl2N3O4S. The average Bonchev–Trinajstić information content (AvgIpc) is 3.43. The van der Waals surface area contributed by atoms with E-state index in [9.17, 15) is 13.2 Å². The van der Waals surface area contributed by atoms with Crippen LogP contribution in [0.2, 0.25) is 10.0 Å². The molecule has 2 aromatic rings. The standard InChI is InChI=1S/C27H35Cl2N3O4S/c1-31(37(34,35)25-10-9-22(28)19-24(25)29)17-18-36-20-26(33)30-23-11-13-27(14-12-23,32-15-5-6-16-32)21-7-3-2-4-8-21/h2-4,7-10,19,23H,5-6,11-18,20H2,1H3,(H,30,33). The first-order valence-electron chi connectivity index (χ1n) is 12.8. The summed E-state index contributed by atoms with van der Waals surface area (Å²) in [4.78, 5) is 15.2. The molecule has 1 heterocycles. The SMILES string of the molecule is CN(CCOCC(=O)NC1CCC(c2ccccc2)(N2CCCC2)CC1)S(=O)(=O)c1ccc(Cl)cc1Cl. The van der Waals surface area contributed by atoms with Crippen LogP contribution in [-0.4, -0.2) is 69.5 Å². The third-order valence-corrected chi connectivity index (χ3v) is 10.1. The Hall–Kier alpha value is -1.68. The number of ether oxygens (including phenoxy) is 1. The number of hydrogen-bond donors (Lipinski definition) is 1. The van der Waals surface area contributed by atoms with Crippen LogP contribution < -0.4 is 5.32 Å². The molecule has 1 saturated heterocycles. The van der Waals surface area contributed by atoms with E-state index < -0.39 is 10.0 Å². The highest BCUT2D eigenvalue weighted by Gasteiger charge is 2.42. The third-order valence-electron chi connectivity index (χ3n) is 7.57. The molecule has 0 aromatic heterocycles. The van der Waals surface area contributed by atoms with Gasteiger partial charge >= 0.3 is 0 Å². The second-order valence-electron chi connectivity index (χ2n) is 9.89. The Morgan fingerprint density at radius 3 is 2.43 bits per heavy atom. The minimum absolute atomic E-state index is 0.0170. The van der Waals surface area contributed by atoms with Crippen molar-refractivity contribution in [1.29, 1.82) is 0 Å². The molecule has 2 aliphatic rings. The Kier molecular flexibility index (Phi) is 9.53. The Balaban J connectivity index is 1.23. The predicted molar refractivity (Wildman–Crippen MR) is 146 cm³/mol. The van der Waals surface area contributed by atoms with Crippen LogP contribution in [0, 0.1) is 0 Å². The zero-order valence-electron chi connectivity index (χ0n) is 21.2. The van der Waals surface area contributed by atoms with Gasteiger partial charge in [0.15, 0.2) is 0 Å². The number of hydrogen-bond acceptors (Lipinski definition) is 5. The normalized spacial score (nSPS) is 22.9. The minimum atomic E-state index is -3.79. The maximum atomic E-state index is 12.8. The molecule has 202 valence electrons. The Labute approximate surface area is 230 Å². The fourth-order valence-electron chi connectivity index (χ4n) is 5.52. The largest absolute Gasteiger partial charge is 0.370 e. The minimum Gasteiger partial charge on any atom is -0.370 e. The summed E-state index contributed by atoms with van der Waals surface area (Å²) < 4.78 is 32.2. The molecule has 10 heteroatoms. The van der Waals surface area contributed by atoms with Crippen molar-refractivity contribution in [1.82, 2.24) is 14.5 Å². The van der Waals surface area contributed by atoms with Crippen molar-refractivity contribution in [3.8, 4) is 0 Å². The van der Waals surface area contributed by atoms with Crippen molar-refractivity contribution in [2.45, 2.75) is 55.0 Å². The van der Waals surface area contributed by atoms with Gasteiger partial charge in [-0.2, -0.15) is 4.31 Å². The van der Waals surface area contributed by atoms with Crippen LogP contribution >= 0.6 is 23.2 Å². The number of nitrogens with zero attached hydrogens (tertiary/aromatic N) is 2. The van der Waals surface area contributed by atoms with Crippen LogP contribution in [0.25, 0.3) is 0 Å². The lowest BCUT2D eigenvalue weighted by Crippen LogP contribution is -2.50. The first-order chi connectivity index (χ1) is 17.7. The zero-order valence-corrected chi connectivity index (χ0v) is 23.5. The number of benzene rings is 2. The summed E-state index contributed by atoms with van der Waals surface area (Å²) in [5.74, 6) is -0.176. The summed E-state index contributed by atoms with van der Waals surface area (Å²) in [6.45, 7) is 2.34. The molecule has 37 heavy (non-hydrogen) atoms. The van der Waals surface area contributed by atoms with Crippen LogP contribution in [0.5, 0.6) is 0 Å². The van der Waals surface area contributed by atoms with Gasteiger partial charge in [0, 0.05) is 30.2 Å². The molecule has 0 atom stereocenters. The van der Waals surface area contributed by atoms with Gasteiger partial charge in [0.05, 0.1) is 11.6 Å². The van der Waals surface area contributed by atoms with E-state index in [2.05, 4.69) is 40.5 Å². The maximum Gasteiger partial charge on any atom is 0.246 e. The van der Waals surface area contributed by atoms with E-state index in [1.807, 2.05) is 0 Å². The highest BCUT2D eigenvalue weighted by molar-refractivity contribution is 7.89. The van der Waals surface area contributed by atoms with Crippen LogP contribution in [0.3, 0.4) is 0 Å². The molecule has 1 N–H and O–H groups in total. The summed E-state index contributed by atoms with van der Waals surface area (Å²) in [5, 5.41) is 3.54. The molecule has 1 aliphatic heterocycles. The summed E-state index contributed by atoms with van der Waals surface area (Å²) in [6, 6.07) is 15.1. The lowest BCUT2D eigenvalue weighted by atomic mass is 9.73. The monoisotopic (exact) mass is 567 g/mol. The first kappa shape index (κ1) is 28.3. The molecule has 0 unspecified atom stereocenters. The Morgan fingerprint density at radius 1 is 1.11 bits per heavy atom. The molecule has 1 saturated carbocycles. The van der Waals surface area contributed by atoms with E-state index in [1.54, 1.807) is 0 Å². The van der Waals surface area contributed by atoms with Gasteiger partial charge in [-0.25, -0.2) is 8.42 Å². The number of sulfonamides is 1. The van der Waals surface area contributed by atoms with Crippen LogP contribution in [-0.2, 0) is 25.1 Å². The number of amides is 1. The molecule has 0 bridgehead atoms. The fourth-order valence-corrected chi connectivity index (χ4v) is 7.42. The highest BCUT2D eigenvalue weighted by atomic mass is 35.5. The number of halogens is 2. The van der Waals surface area contributed by atoms with Gasteiger partial charge in [0.2, 0.25) is 15.9 Å². The number of carbonyl (C=O) groups is 1. The van der Waals surface area contributed by atoms with E-state index in [1.165, 1.54) is 43.7 Å². The third kappa shape index (κ3) is 6.67.